The van der Waals surface area contributed by atoms with E-state index in [1.165, 1.54) is 12.8 Å². The van der Waals surface area contributed by atoms with E-state index in [0.717, 1.165) is 0 Å². The normalized spacial score (nSPS) is 23.0. The smallest absolute Gasteiger partial charge is 0.317 e. The minimum atomic E-state index is -0.762. The van der Waals surface area contributed by atoms with Crippen LogP contribution in [0.2, 0.25) is 0 Å². The summed E-state index contributed by atoms with van der Waals surface area (Å²) in [6, 6.07) is 0.942. The Labute approximate surface area is 126 Å². The highest BCUT2D eigenvalue weighted by Gasteiger charge is 2.38. The van der Waals surface area contributed by atoms with Crippen molar-refractivity contribution < 1.29 is 14.7 Å². The Morgan fingerprint density at radius 1 is 1.38 bits per heavy atom. The number of carboxylic acid groups (broad SMARTS) is 1. The first kappa shape index (κ1) is 16.1. The van der Waals surface area contributed by atoms with Crippen molar-refractivity contribution >= 4 is 12.0 Å². The van der Waals surface area contributed by atoms with Gasteiger partial charge in [-0.2, -0.15) is 0 Å². The molecule has 6 heteroatoms. The molecular weight excluding hydrogens is 270 g/mol. The molecule has 1 aliphatic heterocycles. The second kappa shape index (κ2) is 6.22. The van der Waals surface area contributed by atoms with Crippen LogP contribution in [-0.2, 0) is 4.79 Å². The molecular formula is C15H27N3O3. The standard InChI is InChI=1S/C15H27N3O3/c1-11(17(3)12-4-5-12)10-16-14(21)18-8-6-15(2,7-9-18)13(19)20/h11-12H,4-10H2,1-3H3,(H,16,21)(H,19,20). The molecule has 2 amide bonds. The van der Waals surface area contributed by atoms with Crippen molar-refractivity contribution in [3.63, 3.8) is 0 Å². The van der Waals surface area contributed by atoms with Gasteiger partial charge in [-0.05, 0) is 46.6 Å². The predicted octanol–water partition coefficient (Wildman–Crippen LogP) is 1.37. The van der Waals surface area contributed by atoms with Gasteiger partial charge >= 0.3 is 12.0 Å². The van der Waals surface area contributed by atoms with Gasteiger partial charge in [0.25, 0.3) is 0 Å². The van der Waals surface area contributed by atoms with Crippen LogP contribution in [0.25, 0.3) is 0 Å². The molecule has 0 bridgehead atoms. The van der Waals surface area contributed by atoms with Crippen molar-refractivity contribution in [2.75, 3.05) is 26.7 Å². The number of carbonyl (C=O) groups is 2. The molecule has 0 radical (unpaired) electrons. The third kappa shape index (κ3) is 3.87. The number of hydrogen-bond donors (Lipinski definition) is 2. The van der Waals surface area contributed by atoms with Crippen LogP contribution in [0, 0.1) is 5.41 Å². The second-order valence-electron chi connectivity index (χ2n) is 6.78. The van der Waals surface area contributed by atoms with E-state index >= 15 is 0 Å². The van der Waals surface area contributed by atoms with Gasteiger partial charge in [0, 0.05) is 31.7 Å². The van der Waals surface area contributed by atoms with E-state index in [-0.39, 0.29) is 6.03 Å². The van der Waals surface area contributed by atoms with Crippen LogP contribution < -0.4 is 5.32 Å². The van der Waals surface area contributed by atoms with Crippen LogP contribution in [-0.4, -0.2) is 65.7 Å². The number of likely N-dealkylation sites (tertiary alicyclic amines) is 1. The molecule has 1 saturated carbocycles. The van der Waals surface area contributed by atoms with E-state index in [0.29, 0.717) is 44.6 Å². The first-order valence-electron chi connectivity index (χ1n) is 7.81. The van der Waals surface area contributed by atoms with Crippen molar-refractivity contribution in [2.24, 2.45) is 5.41 Å². The molecule has 1 unspecified atom stereocenters. The third-order valence-corrected chi connectivity index (χ3v) is 5.04. The summed E-state index contributed by atoms with van der Waals surface area (Å²) >= 11 is 0. The van der Waals surface area contributed by atoms with E-state index in [1.54, 1.807) is 11.8 Å². The second-order valence-corrected chi connectivity index (χ2v) is 6.78. The SMILES string of the molecule is CC(CNC(=O)N1CCC(C)(C(=O)O)CC1)N(C)C1CC1. The first-order chi connectivity index (χ1) is 9.83. The number of nitrogens with one attached hydrogen (secondary N) is 1. The molecule has 2 rings (SSSR count). The predicted molar refractivity (Wildman–Crippen MR) is 80.2 cm³/mol. The number of likely N-dealkylation sites (N-methyl/N-ethyl adjacent to an activating group) is 1. The number of carbonyl (C=O) groups excluding carboxylic acids is 1. The largest absolute Gasteiger partial charge is 0.481 e. The van der Waals surface area contributed by atoms with Crippen LogP contribution >= 0.6 is 0 Å². The minimum absolute atomic E-state index is 0.0708. The molecule has 1 atom stereocenters. The molecule has 6 nitrogen and oxygen atoms in total. The molecule has 120 valence electrons. The Kier molecular flexibility index (Phi) is 4.76. The fourth-order valence-electron chi connectivity index (χ4n) is 2.75. The molecule has 1 heterocycles. The maximum Gasteiger partial charge on any atom is 0.317 e. The number of amides is 2. The van der Waals surface area contributed by atoms with Gasteiger partial charge < -0.3 is 15.3 Å². The number of rotatable bonds is 5. The molecule has 2 N–H and O–H groups in total. The Bertz CT molecular complexity index is 401. The van der Waals surface area contributed by atoms with Crippen molar-refractivity contribution in [3.8, 4) is 0 Å². The van der Waals surface area contributed by atoms with Crippen LogP contribution in [0.3, 0.4) is 0 Å². The zero-order valence-corrected chi connectivity index (χ0v) is 13.3. The number of urea groups is 1. The quantitative estimate of drug-likeness (QED) is 0.804. The summed E-state index contributed by atoms with van der Waals surface area (Å²) in [5.41, 5.74) is -0.684. The topological polar surface area (TPSA) is 72.9 Å². The highest BCUT2D eigenvalue weighted by molar-refractivity contribution is 5.77. The number of nitrogens with zero attached hydrogens (tertiary/aromatic N) is 2. The lowest BCUT2D eigenvalue weighted by Gasteiger charge is -2.36. The molecule has 2 fully saturated rings. The summed E-state index contributed by atoms with van der Waals surface area (Å²) in [5, 5.41) is 12.2. The molecule has 1 aliphatic carbocycles. The summed E-state index contributed by atoms with van der Waals surface area (Å²) in [7, 11) is 2.10. The van der Waals surface area contributed by atoms with Gasteiger partial charge in [-0.1, -0.05) is 0 Å². The van der Waals surface area contributed by atoms with Crippen molar-refractivity contribution in [2.45, 2.75) is 51.6 Å². The van der Waals surface area contributed by atoms with Gasteiger partial charge in [-0.15, -0.1) is 0 Å². The highest BCUT2D eigenvalue weighted by Crippen LogP contribution is 2.31. The molecule has 0 aromatic rings. The molecule has 21 heavy (non-hydrogen) atoms. The number of carboxylic acids is 1. The molecule has 1 saturated heterocycles. The van der Waals surface area contributed by atoms with Crippen molar-refractivity contribution in [1.29, 1.82) is 0 Å². The lowest BCUT2D eigenvalue weighted by molar-refractivity contribution is -0.150. The van der Waals surface area contributed by atoms with E-state index in [9.17, 15) is 14.7 Å². The minimum Gasteiger partial charge on any atom is -0.481 e. The Morgan fingerprint density at radius 2 is 1.95 bits per heavy atom. The first-order valence-corrected chi connectivity index (χ1v) is 7.81. The lowest BCUT2D eigenvalue weighted by atomic mass is 9.80. The van der Waals surface area contributed by atoms with Crippen molar-refractivity contribution in [1.82, 2.24) is 15.1 Å². The van der Waals surface area contributed by atoms with Crippen LogP contribution in [0.5, 0.6) is 0 Å². The maximum atomic E-state index is 12.1. The van der Waals surface area contributed by atoms with Gasteiger partial charge in [0.15, 0.2) is 0 Å². The zero-order valence-electron chi connectivity index (χ0n) is 13.3. The molecule has 0 aromatic carbocycles. The van der Waals surface area contributed by atoms with Gasteiger partial charge in [0.05, 0.1) is 5.41 Å². The fraction of sp³-hybridized carbons (Fsp3) is 0.867. The molecule has 2 aliphatic rings. The fourth-order valence-corrected chi connectivity index (χ4v) is 2.75. The van der Waals surface area contributed by atoms with Crippen molar-refractivity contribution in [3.05, 3.63) is 0 Å². The van der Waals surface area contributed by atoms with Gasteiger partial charge in [-0.25, -0.2) is 4.79 Å². The van der Waals surface area contributed by atoms with Gasteiger partial charge in [-0.3, -0.25) is 9.69 Å². The Morgan fingerprint density at radius 3 is 2.43 bits per heavy atom. The average molecular weight is 297 g/mol. The van der Waals surface area contributed by atoms with Gasteiger partial charge in [0.1, 0.15) is 0 Å². The van der Waals surface area contributed by atoms with Crippen LogP contribution in [0.4, 0.5) is 4.79 Å². The number of hydrogen-bond acceptors (Lipinski definition) is 3. The molecule has 0 aromatic heterocycles. The van der Waals surface area contributed by atoms with E-state index < -0.39 is 11.4 Å². The lowest BCUT2D eigenvalue weighted by Crippen LogP contribution is -2.51. The summed E-state index contributed by atoms with van der Waals surface area (Å²) in [6.45, 7) is 5.55. The van der Waals surface area contributed by atoms with E-state index in [2.05, 4.69) is 24.2 Å². The summed E-state index contributed by atoms with van der Waals surface area (Å²) in [4.78, 5) is 27.4. The van der Waals surface area contributed by atoms with E-state index in [1.807, 2.05) is 0 Å². The Balaban J connectivity index is 1.73. The van der Waals surface area contributed by atoms with Gasteiger partial charge in [0.2, 0.25) is 0 Å². The molecule has 0 spiro atoms. The maximum absolute atomic E-state index is 12.1. The monoisotopic (exact) mass is 297 g/mol. The van der Waals surface area contributed by atoms with Crippen LogP contribution in [0.1, 0.15) is 39.5 Å². The average Bonchev–Trinajstić information content (AvgIpc) is 3.28. The Hall–Kier alpha value is -1.30. The third-order valence-electron chi connectivity index (χ3n) is 5.04. The summed E-state index contributed by atoms with van der Waals surface area (Å²) < 4.78 is 0. The van der Waals surface area contributed by atoms with Crippen LogP contribution in [0.15, 0.2) is 0 Å². The van der Waals surface area contributed by atoms with E-state index in [4.69, 9.17) is 0 Å². The summed E-state index contributed by atoms with van der Waals surface area (Å²) in [5.74, 6) is -0.762. The highest BCUT2D eigenvalue weighted by atomic mass is 16.4. The number of piperidine rings is 1. The summed E-state index contributed by atoms with van der Waals surface area (Å²) in [6.07, 6.45) is 3.56. The number of aliphatic carboxylic acids is 1. The zero-order chi connectivity index (χ0) is 15.6.